The molecule has 0 radical (unpaired) electrons. The number of esters is 2. The number of carbonyl (C=O) groups excluding carboxylic acids is 2. The fourth-order valence-electron chi connectivity index (χ4n) is 6.92. The van der Waals surface area contributed by atoms with Crippen molar-refractivity contribution in [3.8, 4) is 0 Å². The van der Waals surface area contributed by atoms with E-state index in [0.29, 0.717) is 12.8 Å². The van der Waals surface area contributed by atoms with E-state index < -0.39 is 92.7 Å². The molecule has 15 nitrogen and oxygen atoms in total. The molecule has 11 atom stereocenters. The normalized spacial score (nSPS) is 27.9. The molecule has 0 amide bonds. The molecule has 5 unspecified atom stereocenters. The molecular formula is C45H78O15. The van der Waals surface area contributed by atoms with Gasteiger partial charge in [0.2, 0.25) is 0 Å². The Balaban J connectivity index is 1.87. The van der Waals surface area contributed by atoms with Crippen LogP contribution in [0.15, 0.2) is 36.5 Å². The van der Waals surface area contributed by atoms with E-state index >= 15 is 0 Å². The zero-order valence-corrected chi connectivity index (χ0v) is 36.2. The van der Waals surface area contributed by atoms with Crippen LogP contribution in [-0.4, -0.2) is 142 Å². The Kier molecular flexibility index (Phi) is 29.9. The number of hydrogen-bond donors (Lipinski definition) is 7. The van der Waals surface area contributed by atoms with E-state index in [0.717, 1.165) is 57.8 Å². The Bertz CT molecular complexity index is 1200. The van der Waals surface area contributed by atoms with E-state index in [4.69, 9.17) is 28.4 Å². The van der Waals surface area contributed by atoms with Gasteiger partial charge >= 0.3 is 11.9 Å². The van der Waals surface area contributed by atoms with Crippen LogP contribution in [0.4, 0.5) is 0 Å². The van der Waals surface area contributed by atoms with Crippen LogP contribution in [0.3, 0.4) is 0 Å². The van der Waals surface area contributed by atoms with Crippen molar-refractivity contribution in [2.45, 2.75) is 210 Å². The van der Waals surface area contributed by atoms with E-state index in [1.807, 2.05) is 24.3 Å². The molecule has 0 aromatic heterocycles. The summed E-state index contributed by atoms with van der Waals surface area (Å²) >= 11 is 0. The Morgan fingerprint density at radius 2 is 1.05 bits per heavy atom. The first kappa shape index (κ1) is 53.9. The second-order valence-corrected chi connectivity index (χ2v) is 15.9. The highest BCUT2D eigenvalue weighted by Crippen LogP contribution is 2.26. The molecule has 7 N–H and O–H groups in total. The van der Waals surface area contributed by atoms with Crippen LogP contribution < -0.4 is 0 Å². The van der Waals surface area contributed by atoms with Crippen LogP contribution in [0.2, 0.25) is 0 Å². The van der Waals surface area contributed by atoms with Crippen LogP contribution in [0.5, 0.6) is 0 Å². The molecule has 0 aromatic carbocycles. The molecule has 60 heavy (non-hydrogen) atoms. The van der Waals surface area contributed by atoms with Gasteiger partial charge in [0.25, 0.3) is 0 Å². The number of ether oxygens (including phenoxy) is 6. The Labute approximate surface area is 357 Å². The molecule has 2 saturated heterocycles. The number of rotatable bonds is 33. The first-order valence-corrected chi connectivity index (χ1v) is 22.6. The van der Waals surface area contributed by atoms with Gasteiger partial charge in [-0.3, -0.25) is 9.59 Å². The highest BCUT2D eigenvalue weighted by Gasteiger charge is 2.47. The summed E-state index contributed by atoms with van der Waals surface area (Å²) in [6, 6.07) is 0. The first-order valence-electron chi connectivity index (χ1n) is 22.6. The minimum atomic E-state index is -1.77. The summed E-state index contributed by atoms with van der Waals surface area (Å²) < 4.78 is 33.4. The predicted molar refractivity (Wildman–Crippen MR) is 224 cm³/mol. The monoisotopic (exact) mass is 859 g/mol. The number of hydrogen-bond acceptors (Lipinski definition) is 15. The number of aliphatic hydroxyl groups excluding tert-OH is 7. The van der Waals surface area contributed by atoms with Gasteiger partial charge in [-0.1, -0.05) is 134 Å². The van der Waals surface area contributed by atoms with Crippen LogP contribution in [-0.2, 0) is 38.0 Å². The average molecular weight is 859 g/mol. The van der Waals surface area contributed by atoms with E-state index in [-0.39, 0.29) is 26.1 Å². The van der Waals surface area contributed by atoms with Gasteiger partial charge in [0.1, 0.15) is 55.4 Å². The molecule has 2 aliphatic rings. The fraction of sp³-hybridized carbons (Fsp3) is 0.822. The Morgan fingerprint density at radius 3 is 1.63 bits per heavy atom. The Hall–Kier alpha value is -2.28. The quantitative estimate of drug-likeness (QED) is 0.0272. The summed E-state index contributed by atoms with van der Waals surface area (Å²) in [6.07, 6.45) is 14.8. The maximum atomic E-state index is 12.9. The van der Waals surface area contributed by atoms with Crippen molar-refractivity contribution >= 4 is 11.9 Å². The van der Waals surface area contributed by atoms with Crippen molar-refractivity contribution in [1.29, 1.82) is 0 Å². The summed E-state index contributed by atoms with van der Waals surface area (Å²) in [5.41, 5.74) is 0. The standard InChI is InChI=1S/C45H78O15/c1-3-5-7-9-11-13-15-16-18-20-22-24-26-28-37(48)58-33(30-55-36(47)27-25-23-21-19-17-14-12-10-8-6-4-2)31-56-44-43(54)41(52)39(50)35(60-44)32-57-45-42(53)40(51)38(49)34(29-46)59-45/h5,7,9,11,13,15,33-35,38-46,49-54H,3-4,6,8,10,12,14,16-32H2,1-2H3/b7-5+,11-9+,15-13+/t33?,34-,35-,38+,39+,40?,41?,42?,43?,44-,45-/m1/s1. The number of allylic oxidation sites excluding steroid dienone is 6. The second kappa shape index (κ2) is 33.3. The van der Waals surface area contributed by atoms with Gasteiger partial charge in [0.05, 0.1) is 19.8 Å². The molecule has 0 spiro atoms. The smallest absolute Gasteiger partial charge is 0.306 e. The van der Waals surface area contributed by atoms with Gasteiger partial charge in [-0.15, -0.1) is 0 Å². The van der Waals surface area contributed by atoms with Crippen molar-refractivity contribution in [1.82, 2.24) is 0 Å². The number of aliphatic hydroxyl groups is 7. The molecule has 0 saturated carbocycles. The summed E-state index contributed by atoms with van der Waals surface area (Å²) in [5, 5.41) is 71.8. The van der Waals surface area contributed by atoms with Gasteiger partial charge in [-0.25, -0.2) is 0 Å². The van der Waals surface area contributed by atoms with Crippen molar-refractivity contribution in [2.75, 3.05) is 26.4 Å². The molecule has 2 heterocycles. The summed E-state index contributed by atoms with van der Waals surface area (Å²) in [4.78, 5) is 25.6. The summed E-state index contributed by atoms with van der Waals surface area (Å²) in [5.74, 6) is -0.952. The highest BCUT2D eigenvalue weighted by molar-refractivity contribution is 5.70. The molecule has 348 valence electrons. The molecule has 0 bridgehead atoms. The summed E-state index contributed by atoms with van der Waals surface area (Å²) in [6.45, 7) is 2.40. The van der Waals surface area contributed by atoms with Crippen LogP contribution in [0.25, 0.3) is 0 Å². The van der Waals surface area contributed by atoms with E-state index in [9.17, 15) is 45.3 Å². The average Bonchev–Trinajstić information content (AvgIpc) is 3.24. The van der Waals surface area contributed by atoms with E-state index in [1.54, 1.807) is 0 Å². The molecule has 2 fully saturated rings. The Morgan fingerprint density at radius 1 is 0.550 bits per heavy atom. The topological polar surface area (TPSA) is 231 Å². The van der Waals surface area contributed by atoms with Crippen LogP contribution in [0, 0.1) is 0 Å². The van der Waals surface area contributed by atoms with Crippen molar-refractivity contribution in [3.05, 3.63) is 36.5 Å². The first-order chi connectivity index (χ1) is 29.0. The third-order valence-electron chi connectivity index (χ3n) is 10.7. The maximum absolute atomic E-state index is 12.9. The lowest BCUT2D eigenvalue weighted by molar-refractivity contribution is -0.332. The van der Waals surface area contributed by atoms with Crippen molar-refractivity contribution in [3.63, 3.8) is 0 Å². The summed E-state index contributed by atoms with van der Waals surface area (Å²) in [7, 11) is 0. The highest BCUT2D eigenvalue weighted by atomic mass is 16.7. The van der Waals surface area contributed by atoms with E-state index in [1.165, 1.54) is 44.9 Å². The third kappa shape index (κ3) is 22.2. The lowest BCUT2D eigenvalue weighted by Gasteiger charge is -2.42. The fourth-order valence-corrected chi connectivity index (χ4v) is 6.92. The van der Waals surface area contributed by atoms with Crippen molar-refractivity contribution < 1.29 is 73.8 Å². The molecule has 0 aromatic rings. The van der Waals surface area contributed by atoms with Gasteiger partial charge in [0.15, 0.2) is 18.7 Å². The lowest BCUT2D eigenvalue weighted by Crippen LogP contribution is -2.61. The van der Waals surface area contributed by atoms with Gasteiger partial charge in [-0.05, 0) is 32.1 Å². The predicted octanol–water partition coefficient (Wildman–Crippen LogP) is 4.59. The second-order valence-electron chi connectivity index (χ2n) is 15.9. The largest absolute Gasteiger partial charge is 0.462 e. The van der Waals surface area contributed by atoms with Crippen LogP contribution >= 0.6 is 0 Å². The van der Waals surface area contributed by atoms with E-state index in [2.05, 4.69) is 26.0 Å². The number of unbranched alkanes of at least 4 members (excludes halogenated alkanes) is 15. The molecular weight excluding hydrogens is 780 g/mol. The number of carbonyl (C=O) groups is 2. The van der Waals surface area contributed by atoms with Crippen LogP contribution in [0.1, 0.15) is 142 Å². The maximum Gasteiger partial charge on any atom is 0.306 e. The molecule has 2 aliphatic heterocycles. The lowest BCUT2D eigenvalue weighted by atomic mass is 9.98. The minimum absolute atomic E-state index is 0.143. The molecule has 15 heteroatoms. The molecule has 0 aliphatic carbocycles. The van der Waals surface area contributed by atoms with Gasteiger partial charge in [-0.2, -0.15) is 0 Å². The molecule has 2 rings (SSSR count). The SMILES string of the molecule is CC/C=C/C=C/C=C/CCCCCCCC(=O)OC(COC(=O)CCCCCCCCCCCCC)CO[C@@H]1O[C@H](CO[C@@H]2O[C@H](CO)[C@H](O)C(O)C2O)[C@H](O)C(O)C1O. The zero-order chi connectivity index (χ0) is 44.0. The third-order valence-corrected chi connectivity index (χ3v) is 10.7. The minimum Gasteiger partial charge on any atom is -0.462 e. The van der Waals surface area contributed by atoms with Crippen molar-refractivity contribution in [2.24, 2.45) is 0 Å². The zero-order valence-electron chi connectivity index (χ0n) is 36.2. The van der Waals surface area contributed by atoms with Gasteiger partial charge < -0.3 is 64.2 Å². The van der Waals surface area contributed by atoms with Gasteiger partial charge in [0, 0.05) is 12.8 Å².